The van der Waals surface area contributed by atoms with E-state index in [1.807, 2.05) is 12.2 Å². The Morgan fingerprint density at radius 2 is 1.31 bits per heavy atom. The van der Waals surface area contributed by atoms with E-state index < -0.39 is 0 Å². The minimum absolute atomic E-state index is 0.0745. The van der Waals surface area contributed by atoms with Crippen LogP contribution in [0.1, 0.15) is 83.5 Å². The number of nitrogens with one attached hydrogen (secondary N) is 1. The number of ether oxygens (including phenoxy) is 1. The largest absolute Gasteiger partial charge is 0.457 e. The third kappa shape index (κ3) is 14.9. The third-order valence-electron chi connectivity index (χ3n) is 4.91. The molecule has 6 heteroatoms. The second kappa shape index (κ2) is 17.2. The summed E-state index contributed by atoms with van der Waals surface area (Å²) in [5, 5.41) is 20.3. The minimum Gasteiger partial charge on any atom is -0.457 e. The highest BCUT2D eigenvalue weighted by atomic mass is 16.5. The first-order chi connectivity index (χ1) is 14.2. The Bertz CT molecular complexity index is 459. The summed E-state index contributed by atoms with van der Waals surface area (Å²) >= 11 is 0. The fourth-order valence-corrected chi connectivity index (χ4v) is 3.05. The van der Waals surface area contributed by atoms with Crippen molar-refractivity contribution in [2.24, 2.45) is 0 Å². The number of carbonyl (C=O) groups excluding carboxylic acids is 2. The molecule has 0 aromatic heterocycles. The van der Waals surface area contributed by atoms with Gasteiger partial charge in [0.05, 0.1) is 6.04 Å². The number of carbonyl (C=O) groups is 2. The lowest BCUT2D eigenvalue weighted by molar-refractivity contribution is -0.139. The molecule has 0 aromatic carbocycles. The molecule has 0 aromatic rings. The zero-order valence-electron chi connectivity index (χ0n) is 17.7. The zero-order valence-corrected chi connectivity index (χ0v) is 17.7. The molecule has 0 unspecified atom stereocenters. The predicted molar refractivity (Wildman–Crippen MR) is 114 cm³/mol. The van der Waals surface area contributed by atoms with Crippen molar-refractivity contribution in [2.75, 3.05) is 13.2 Å². The molecule has 0 saturated heterocycles. The maximum Gasteiger partial charge on any atom is 0.330 e. The summed E-state index contributed by atoms with van der Waals surface area (Å²) in [6.45, 7) is 0.526. The molecule has 0 spiro atoms. The van der Waals surface area contributed by atoms with Gasteiger partial charge in [-0.25, -0.2) is 4.79 Å². The van der Waals surface area contributed by atoms with Crippen LogP contribution in [-0.2, 0) is 14.3 Å². The van der Waals surface area contributed by atoms with E-state index in [-0.39, 0.29) is 37.2 Å². The molecule has 166 valence electrons. The molecule has 1 amide bonds. The van der Waals surface area contributed by atoms with Gasteiger partial charge in [-0.15, -0.1) is 0 Å². The van der Waals surface area contributed by atoms with E-state index in [1.165, 1.54) is 6.08 Å². The van der Waals surface area contributed by atoms with Crippen LogP contribution in [0.3, 0.4) is 0 Å². The number of rotatable bonds is 18. The number of esters is 1. The molecule has 1 aliphatic carbocycles. The zero-order chi connectivity index (χ0) is 21.2. The quantitative estimate of drug-likeness (QED) is 0.183. The van der Waals surface area contributed by atoms with Gasteiger partial charge >= 0.3 is 5.97 Å². The molecule has 0 radical (unpaired) electrons. The molecule has 0 bridgehead atoms. The lowest BCUT2D eigenvalue weighted by Gasteiger charge is -2.02. The highest BCUT2D eigenvalue weighted by Gasteiger charge is 2.41. The number of unbranched alkanes of at least 4 members (excludes halogenated alkanes) is 10. The lowest BCUT2D eigenvalue weighted by atomic mass is 10.1. The van der Waals surface area contributed by atoms with Crippen molar-refractivity contribution in [1.29, 1.82) is 0 Å². The van der Waals surface area contributed by atoms with Crippen LogP contribution < -0.4 is 5.32 Å². The second-order valence-corrected chi connectivity index (χ2v) is 7.69. The molecule has 1 aliphatic rings. The highest BCUT2D eigenvalue weighted by Crippen LogP contribution is 2.25. The normalized spacial score (nSPS) is 18.4. The van der Waals surface area contributed by atoms with Gasteiger partial charge in [0.25, 0.3) is 0 Å². The first-order valence-electron chi connectivity index (χ1n) is 11.2. The highest BCUT2D eigenvalue weighted by molar-refractivity contribution is 5.88. The van der Waals surface area contributed by atoms with Crippen LogP contribution in [0.4, 0.5) is 0 Å². The maximum absolute atomic E-state index is 11.8. The van der Waals surface area contributed by atoms with Gasteiger partial charge in [-0.2, -0.15) is 0 Å². The molecule has 0 aliphatic heterocycles. The molecular weight excluding hydrogens is 370 g/mol. The van der Waals surface area contributed by atoms with Crippen LogP contribution >= 0.6 is 0 Å². The van der Waals surface area contributed by atoms with Crippen molar-refractivity contribution < 1.29 is 24.5 Å². The number of aliphatic hydroxyl groups is 2. The van der Waals surface area contributed by atoms with E-state index in [4.69, 9.17) is 14.9 Å². The van der Waals surface area contributed by atoms with Crippen molar-refractivity contribution in [1.82, 2.24) is 5.32 Å². The Morgan fingerprint density at radius 3 is 1.90 bits per heavy atom. The molecular formula is C23H39NO5. The van der Waals surface area contributed by atoms with Gasteiger partial charge < -0.3 is 20.3 Å². The fraction of sp³-hybridized carbons (Fsp3) is 0.739. The van der Waals surface area contributed by atoms with Crippen molar-refractivity contribution in [2.45, 2.75) is 95.6 Å². The van der Waals surface area contributed by atoms with E-state index in [0.29, 0.717) is 6.42 Å². The smallest absolute Gasteiger partial charge is 0.330 e. The van der Waals surface area contributed by atoms with E-state index in [0.717, 1.165) is 77.0 Å². The van der Waals surface area contributed by atoms with E-state index in [9.17, 15) is 9.59 Å². The SMILES string of the molecule is O=C(/C=C/CCCCCCCO)N[C@@H]1C[C@@H]1OC(=O)/C=C/CCCCCCCO. The van der Waals surface area contributed by atoms with Gasteiger partial charge in [0.2, 0.25) is 5.91 Å². The number of hydrogen-bond acceptors (Lipinski definition) is 5. The van der Waals surface area contributed by atoms with Crippen molar-refractivity contribution in [3.05, 3.63) is 24.3 Å². The van der Waals surface area contributed by atoms with Gasteiger partial charge in [-0.05, 0) is 44.6 Å². The summed E-state index contributed by atoms with van der Waals surface area (Å²) in [4.78, 5) is 23.6. The summed E-state index contributed by atoms with van der Waals surface area (Å²) in [6.07, 6.45) is 19.3. The molecule has 0 heterocycles. The Hall–Kier alpha value is -1.66. The van der Waals surface area contributed by atoms with Crippen LogP contribution in [0, 0.1) is 0 Å². The maximum atomic E-state index is 11.8. The van der Waals surface area contributed by atoms with Crippen molar-refractivity contribution in [3.63, 3.8) is 0 Å². The summed E-state index contributed by atoms with van der Waals surface area (Å²) in [7, 11) is 0. The topological polar surface area (TPSA) is 95.9 Å². The number of allylic oxidation sites excluding steroid dienone is 2. The fourth-order valence-electron chi connectivity index (χ4n) is 3.05. The van der Waals surface area contributed by atoms with Gasteiger partial charge in [0.15, 0.2) is 0 Å². The van der Waals surface area contributed by atoms with E-state index >= 15 is 0 Å². The molecule has 2 atom stereocenters. The molecule has 29 heavy (non-hydrogen) atoms. The van der Waals surface area contributed by atoms with Gasteiger partial charge in [-0.1, -0.05) is 50.7 Å². The molecule has 1 saturated carbocycles. The Labute approximate surface area is 175 Å². The predicted octanol–water partition coefficient (Wildman–Crippen LogP) is 3.56. The number of amides is 1. The number of aliphatic hydroxyl groups excluding tert-OH is 2. The van der Waals surface area contributed by atoms with Crippen LogP contribution in [0.5, 0.6) is 0 Å². The van der Waals surface area contributed by atoms with E-state index in [2.05, 4.69) is 5.32 Å². The lowest BCUT2D eigenvalue weighted by Crippen LogP contribution is -2.27. The van der Waals surface area contributed by atoms with Crippen molar-refractivity contribution in [3.8, 4) is 0 Å². The van der Waals surface area contributed by atoms with Crippen LogP contribution in [0.15, 0.2) is 24.3 Å². The minimum atomic E-state index is -0.344. The Morgan fingerprint density at radius 1 is 0.793 bits per heavy atom. The average molecular weight is 410 g/mol. The first kappa shape index (κ1) is 25.4. The standard InChI is InChI=1S/C23H39NO5/c25-17-13-9-5-1-3-7-11-15-22(27)24-20-19-21(20)29-23(28)16-12-8-4-2-6-10-14-18-26/h11-12,15-16,20-21,25-26H,1-10,13-14,17-19H2,(H,24,27)/b15-11+,16-12+/t20-,21+/m1/s1. The van der Waals surface area contributed by atoms with Crippen LogP contribution in [0.25, 0.3) is 0 Å². The Balaban J connectivity index is 2.00. The van der Waals surface area contributed by atoms with Crippen molar-refractivity contribution >= 4 is 11.9 Å². The summed E-state index contributed by atoms with van der Waals surface area (Å²) in [5.74, 6) is -0.477. The number of hydrogen-bond donors (Lipinski definition) is 3. The van der Waals surface area contributed by atoms with Crippen LogP contribution in [0.2, 0.25) is 0 Å². The monoisotopic (exact) mass is 409 g/mol. The first-order valence-corrected chi connectivity index (χ1v) is 11.2. The second-order valence-electron chi connectivity index (χ2n) is 7.69. The third-order valence-corrected chi connectivity index (χ3v) is 4.91. The molecule has 3 N–H and O–H groups in total. The van der Waals surface area contributed by atoms with Gasteiger partial charge in [-0.3, -0.25) is 4.79 Å². The summed E-state index contributed by atoms with van der Waals surface area (Å²) in [6, 6.07) is -0.0745. The summed E-state index contributed by atoms with van der Waals surface area (Å²) in [5.41, 5.74) is 0. The van der Waals surface area contributed by atoms with E-state index in [1.54, 1.807) is 6.08 Å². The molecule has 1 fully saturated rings. The van der Waals surface area contributed by atoms with Gasteiger partial charge in [0.1, 0.15) is 6.10 Å². The average Bonchev–Trinajstić information content (AvgIpc) is 3.42. The molecule has 6 nitrogen and oxygen atoms in total. The Kier molecular flexibility index (Phi) is 15.1. The molecule has 1 rings (SSSR count). The van der Waals surface area contributed by atoms with Gasteiger partial charge in [0, 0.05) is 25.7 Å². The van der Waals surface area contributed by atoms with Crippen LogP contribution in [-0.4, -0.2) is 47.4 Å². The summed E-state index contributed by atoms with van der Waals surface area (Å²) < 4.78 is 5.31.